The van der Waals surface area contributed by atoms with E-state index in [0.29, 0.717) is 5.56 Å². The average Bonchev–Trinajstić information content (AvgIpc) is 2.37. The summed E-state index contributed by atoms with van der Waals surface area (Å²) in [7, 11) is 0. The molecule has 0 aromatic heterocycles. The highest BCUT2D eigenvalue weighted by molar-refractivity contribution is 5.67. The van der Waals surface area contributed by atoms with Crippen LogP contribution in [-0.4, -0.2) is 29.4 Å². The molecule has 3 atom stereocenters. The van der Waals surface area contributed by atoms with Crippen LogP contribution < -0.4 is 5.73 Å². The Hall–Kier alpha value is -1.60. The molecule has 0 unspecified atom stereocenters. The summed E-state index contributed by atoms with van der Waals surface area (Å²) in [5.74, 6) is -3.68. The van der Waals surface area contributed by atoms with Crippen molar-refractivity contribution in [3.63, 3.8) is 0 Å². The number of halogens is 3. The van der Waals surface area contributed by atoms with E-state index in [0.717, 1.165) is 0 Å². The average molecular weight is 305 g/mol. The maximum atomic E-state index is 13.0. The number of hydrogen-bond acceptors (Lipinski definition) is 3. The molecule has 3 N–H and O–H groups in total. The number of carbonyl (C=O) groups is 1. The molecule has 0 saturated heterocycles. The Balaban J connectivity index is 2.84. The Morgan fingerprint density at radius 3 is 2.33 bits per heavy atom. The fourth-order valence-electron chi connectivity index (χ4n) is 2.01. The number of carboxylic acid groups (broad SMARTS) is 1. The summed E-state index contributed by atoms with van der Waals surface area (Å²) in [5.41, 5.74) is 6.25. The molecule has 4 nitrogen and oxygen atoms in total. The van der Waals surface area contributed by atoms with Crippen molar-refractivity contribution >= 4 is 5.97 Å². The van der Waals surface area contributed by atoms with Crippen molar-refractivity contribution in [2.45, 2.75) is 38.3 Å². The number of nitrogens with two attached hydrogens (primary N) is 1. The zero-order valence-corrected chi connectivity index (χ0v) is 11.5. The normalized spacial score (nSPS) is 16.2. The van der Waals surface area contributed by atoms with Crippen molar-refractivity contribution in [2.75, 3.05) is 0 Å². The van der Waals surface area contributed by atoms with E-state index in [2.05, 4.69) is 0 Å². The highest BCUT2D eigenvalue weighted by Crippen LogP contribution is 2.34. The lowest BCUT2D eigenvalue weighted by Crippen LogP contribution is -2.46. The van der Waals surface area contributed by atoms with Gasteiger partial charge in [-0.2, -0.15) is 13.2 Å². The topological polar surface area (TPSA) is 72.5 Å². The van der Waals surface area contributed by atoms with Crippen molar-refractivity contribution in [2.24, 2.45) is 11.7 Å². The Kier molecular flexibility index (Phi) is 6.17. The van der Waals surface area contributed by atoms with Crippen LogP contribution in [0.15, 0.2) is 30.3 Å². The molecule has 0 aliphatic carbocycles. The van der Waals surface area contributed by atoms with E-state index in [1.807, 2.05) is 0 Å². The number of hydrogen-bond donors (Lipinski definition) is 2. The van der Waals surface area contributed by atoms with E-state index in [9.17, 15) is 18.0 Å². The Bertz CT molecular complexity index is 449. The number of carboxylic acids is 1. The largest absolute Gasteiger partial charge is 0.481 e. The van der Waals surface area contributed by atoms with Gasteiger partial charge >= 0.3 is 12.1 Å². The Morgan fingerprint density at radius 1 is 1.33 bits per heavy atom. The first-order valence-corrected chi connectivity index (χ1v) is 6.41. The van der Waals surface area contributed by atoms with Crippen molar-refractivity contribution in [1.82, 2.24) is 0 Å². The van der Waals surface area contributed by atoms with Gasteiger partial charge in [0.15, 0.2) is 0 Å². The summed E-state index contributed by atoms with van der Waals surface area (Å²) in [4.78, 5) is 10.7. The Morgan fingerprint density at radius 2 is 1.90 bits per heavy atom. The SMILES string of the molecule is C[C@H](N)[C@H](OCc1ccccc1)[C@H](CC(=O)O)C(F)(F)F. The van der Waals surface area contributed by atoms with Gasteiger partial charge in [0, 0.05) is 6.04 Å². The number of alkyl halides is 3. The minimum absolute atomic E-state index is 0.0563. The lowest BCUT2D eigenvalue weighted by atomic mass is 9.93. The number of aliphatic carboxylic acids is 1. The van der Waals surface area contributed by atoms with Gasteiger partial charge in [-0.1, -0.05) is 30.3 Å². The third-order valence-corrected chi connectivity index (χ3v) is 3.02. The van der Waals surface area contributed by atoms with Gasteiger partial charge in [-0.25, -0.2) is 0 Å². The summed E-state index contributed by atoms with van der Waals surface area (Å²) in [6, 6.07) is 7.71. The first-order chi connectivity index (χ1) is 9.71. The van der Waals surface area contributed by atoms with Crippen LogP contribution in [0, 0.1) is 5.92 Å². The first kappa shape index (κ1) is 17.5. The van der Waals surface area contributed by atoms with Gasteiger partial charge in [0.25, 0.3) is 0 Å². The quantitative estimate of drug-likeness (QED) is 0.812. The van der Waals surface area contributed by atoms with Crippen molar-refractivity contribution in [3.05, 3.63) is 35.9 Å². The minimum atomic E-state index is -4.69. The molecule has 0 spiro atoms. The predicted octanol–water partition coefficient (Wildman–Crippen LogP) is 2.57. The van der Waals surface area contributed by atoms with E-state index in [1.165, 1.54) is 6.92 Å². The summed E-state index contributed by atoms with van der Waals surface area (Å²) >= 11 is 0. The van der Waals surface area contributed by atoms with Gasteiger partial charge in [-0.3, -0.25) is 4.79 Å². The zero-order chi connectivity index (χ0) is 16.0. The molecule has 0 radical (unpaired) electrons. The van der Waals surface area contributed by atoms with Crippen LogP contribution in [0.2, 0.25) is 0 Å². The molecule has 1 aromatic carbocycles. The van der Waals surface area contributed by atoms with Crippen LogP contribution >= 0.6 is 0 Å². The molecule has 0 aliphatic heterocycles. The van der Waals surface area contributed by atoms with Crippen molar-refractivity contribution in [3.8, 4) is 0 Å². The van der Waals surface area contributed by atoms with Crippen molar-refractivity contribution in [1.29, 1.82) is 0 Å². The van der Waals surface area contributed by atoms with E-state index >= 15 is 0 Å². The van der Waals surface area contributed by atoms with Gasteiger partial charge < -0.3 is 15.6 Å². The molecule has 0 aliphatic rings. The molecule has 1 aromatic rings. The van der Waals surface area contributed by atoms with Crippen LogP contribution in [0.1, 0.15) is 18.9 Å². The van der Waals surface area contributed by atoms with E-state index in [-0.39, 0.29) is 6.61 Å². The predicted molar refractivity (Wildman–Crippen MR) is 70.5 cm³/mol. The molecular weight excluding hydrogens is 287 g/mol. The highest BCUT2D eigenvalue weighted by atomic mass is 19.4. The molecule has 21 heavy (non-hydrogen) atoms. The summed E-state index contributed by atoms with van der Waals surface area (Å²) in [6.45, 7) is 1.31. The lowest BCUT2D eigenvalue weighted by molar-refractivity contribution is -0.216. The van der Waals surface area contributed by atoms with Crippen LogP contribution in [0.25, 0.3) is 0 Å². The van der Waals surface area contributed by atoms with Crippen molar-refractivity contribution < 1.29 is 27.8 Å². The molecule has 0 bridgehead atoms. The summed E-state index contributed by atoms with van der Waals surface area (Å²) in [6.07, 6.45) is -7.17. The molecule has 7 heteroatoms. The van der Waals surface area contributed by atoms with Gasteiger partial charge in [0.2, 0.25) is 0 Å². The minimum Gasteiger partial charge on any atom is -0.481 e. The van der Waals surface area contributed by atoms with Gasteiger partial charge in [-0.15, -0.1) is 0 Å². The third kappa shape index (κ3) is 5.73. The fraction of sp³-hybridized carbons (Fsp3) is 0.500. The third-order valence-electron chi connectivity index (χ3n) is 3.02. The second-order valence-corrected chi connectivity index (χ2v) is 4.87. The van der Waals surface area contributed by atoms with Crippen LogP contribution in [-0.2, 0) is 16.1 Å². The second-order valence-electron chi connectivity index (χ2n) is 4.87. The maximum Gasteiger partial charge on any atom is 0.394 e. The molecule has 0 fully saturated rings. The standard InChI is InChI=1S/C14H18F3NO3/c1-9(18)13(11(7-12(19)20)14(15,16)17)21-8-10-5-3-2-4-6-10/h2-6,9,11,13H,7-8,18H2,1H3,(H,19,20)/t9-,11-,13-/m0/s1. The van der Waals surface area contributed by atoms with Gasteiger partial charge in [0.05, 0.1) is 25.0 Å². The summed E-state index contributed by atoms with van der Waals surface area (Å²) < 4.78 is 44.3. The summed E-state index contributed by atoms with van der Waals surface area (Å²) in [5, 5.41) is 8.67. The van der Waals surface area contributed by atoms with Crippen LogP contribution in [0.3, 0.4) is 0 Å². The lowest BCUT2D eigenvalue weighted by Gasteiger charge is -2.30. The van der Waals surface area contributed by atoms with Crippen LogP contribution in [0.5, 0.6) is 0 Å². The molecular formula is C14H18F3NO3. The number of rotatable bonds is 7. The molecule has 0 heterocycles. The van der Waals surface area contributed by atoms with Crippen LogP contribution in [0.4, 0.5) is 13.2 Å². The van der Waals surface area contributed by atoms with Gasteiger partial charge in [-0.05, 0) is 12.5 Å². The number of benzene rings is 1. The maximum absolute atomic E-state index is 13.0. The van der Waals surface area contributed by atoms with E-state index in [4.69, 9.17) is 15.6 Å². The molecule has 0 saturated carbocycles. The molecule has 118 valence electrons. The van der Waals surface area contributed by atoms with Gasteiger partial charge in [0.1, 0.15) is 0 Å². The first-order valence-electron chi connectivity index (χ1n) is 6.41. The molecule has 1 rings (SSSR count). The van der Waals surface area contributed by atoms with E-state index in [1.54, 1.807) is 30.3 Å². The second kappa shape index (κ2) is 7.42. The zero-order valence-electron chi connectivity index (χ0n) is 11.5. The molecule has 0 amide bonds. The monoisotopic (exact) mass is 305 g/mol. The smallest absolute Gasteiger partial charge is 0.394 e. The highest BCUT2D eigenvalue weighted by Gasteiger charge is 2.47. The number of ether oxygens (including phenoxy) is 1. The van der Waals surface area contributed by atoms with E-state index < -0.39 is 36.6 Å². The fourth-order valence-corrected chi connectivity index (χ4v) is 2.01. The Labute approximate surface area is 120 Å².